The molecule has 1 aliphatic heterocycles. The van der Waals surface area contributed by atoms with Gasteiger partial charge in [0.05, 0.1) is 68.4 Å². The predicted octanol–water partition coefficient (Wildman–Crippen LogP) is 4.86. The van der Waals surface area contributed by atoms with E-state index in [0.717, 1.165) is 16.8 Å². The van der Waals surface area contributed by atoms with Crippen molar-refractivity contribution in [3.63, 3.8) is 0 Å². The van der Waals surface area contributed by atoms with E-state index in [9.17, 15) is 21.2 Å². The number of hydrogen-bond donors (Lipinski definition) is 1. The number of amidine groups is 1. The summed E-state index contributed by atoms with van der Waals surface area (Å²) in [6.07, 6.45) is 0.551. The Bertz CT molecular complexity index is 2030. The van der Waals surface area contributed by atoms with Crippen LogP contribution in [0.25, 0.3) is 22.3 Å². The van der Waals surface area contributed by atoms with Gasteiger partial charge in [-0.2, -0.15) is 0 Å². The zero-order valence-electron chi connectivity index (χ0n) is 28.3. The summed E-state index contributed by atoms with van der Waals surface area (Å²) in [4.78, 5) is 10.1. The Hall–Kier alpha value is -4.06. The molecule has 2 heterocycles. The van der Waals surface area contributed by atoms with Crippen molar-refractivity contribution in [3.8, 4) is 22.8 Å². The van der Waals surface area contributed by atoms with Crippen LogP contribution < -0.4 is 14.5 Å². The van der Waals surface area contributed by atoms with Crippen LogP contribution in [0, 0.1) is 5.82 Å². The lowest BCUT2D eigenvalue weighted by Crippen LogP contribution is -2.39. The number of rotatable bonds is 14. The van der Waals surface area contributed by atoms with E-state index in [0.29, 0.717) is 76.3 Å². The van der Waals surface area contributed by atoms with Crippen molar-refractivity contribution in [1.82, 2.24) is 5.48 Å². The molecule has 16 heteroatoms. The van der Waals surface area contributed by atoms with E-state index < -0.39 is 32.1 Å². The second-order valence-electron chi connectivity index (χ2n) is 11.7. The van der Waals surface area contributed by atoms with E-state index in [1.54, 1.807) is 57.5 Å². The number of halogens is 1. The van der Waals surface area contributed by atoms with Crippen LogP contribution in [0.15, 0.2) is 70.1 Å². The van der Waals surface area contributed by atoms with Crippen molar-refractivity contribution in [3.05, 3.63) is 77.6 Å². The molecule has 0 fully saturated rings. The summed E-state index contributed by atoms with van der Waals surface area (Å²) >= 11 is 0. The number of aliphatic imine (C=N–C) groups is 1. The van der Waals surface area contributed by atoms with Crippen molar-refractivity contribution in [2.24, 2.45) is 4.99 Å². The summed E-state index contributed by atoms with van der Waals surface area (Å²) in [6, 6.07) is 16.1. The quantitative estimate of drug-likeness (QED) is 0.0818. The minimum Gasteiger partial charge on any atom is -0.457 e. The van der Waals surface area contributed by atoms with Gasteiger partial charge in [0.2, 0.25) is 10.0 Å². The highest BCUT2D eigenvalue weighted by Crippen LogP contribution is 2.42. The maximum absolute atomic E-state index is 13.4. The normalized spacial score (nSPS) is 17.1. The number of methoxy groups -OCH3 is 1. The molecule has 0 saturated heterocycles. The standard InChI is InChI=1S/C34H40FN3O10S2/c1-22-28-18-29-31(19-30(28)38(50(5,41)42)20-27(46-22)21-49(4,39)40)48-33(32(29)34(36-2)37-45-17-16-44-15-14-43-3)23-6-10-25(11-7-23)47-26-12-8-24(35)9-13-26/h6-13,18-19,22,27H,14-17,20-21H2,1-5H3,(H,36,37)/t22-,27-/m0/s1. The minimum atomic E-state index is -3.87. The molecule has 0 amide bonds. The van der Waals surface area contributed by atoms with Crippen LogP contribution in [0.2, 0.25) is 0 Å². The fourth-order valence-corrected chi connectivity index (χ4v) is 7.36. The number of sulfone groups is 1. The largest absolute Gasteiger partial charge is 0.457 e. The van der Waals surface area contributed by atoms with Gasteiger partial charge in [-0.3, -0.25) is 14.1 Å². The van der Waals surface area contributed by atoms with Crippen molar-refractivity contribution in [1.29, 1.82) is 0 Å². The number of nitrogens with zero attached hydrogens (tertiary/aromatic N) is 2. The molecular formula is C34H40FN3O10S2. The molecule has 50 heavy (non-hydrogen) atoms. The van der Waals surface area contributed by atoms with Crippen LogP contribution >= 0.6 is 0 Å². The zero-order chi connectivity index (χ0) is 36.1. The molecule has 0 unspecified atom stereocenters. The molecule has 4 aromatic rings. The molecule has 1 aliphatic rings. The first kappa shape index (κ1) is 37.2. The van der Waals surface area contributed by atoms with Gasteiger partial charge in [0.15, 0.2) is 5.84 Å². The minimum absolute atomic E-state index is 0.189. The number of ether oxygens (including phenoxy) is 4. The topological polar surface area (TPSA) is 155 Å². The summed E-state index contributed by atoms with van der Waals surface area (Å²) in [5.74, 6) is 0.954. The predicted molar refractivity (Wildman–Crippen MR) is 188 cm³/mol. The Morgan fingerprint density at radius 3 is 2.26 bits per heavy atom. The van der Waals surface area contributed by atoms with Gasteiger partial charge in [-0.25, -0.2) is 26.7 Å². The number of nitrogens with one attached hydrogen (secondary N) is 1. The smallest absolute Gasteiger partial charge is 0.232 e. The molecule has 0 bridgehead atoms. The molecule has 2 atom stereocenters. The second kappa shape index (κ2) is 15.9. The summed E-state index contributed by atoms with van der Waals surface area (Å²) in [7, 11) is -4.19. The molecule has 5 rings (SSSR count). The number of fused-ring (bicyclic) bond motifs is 2. The first-order chi connectivity index (χ1) is 23.8. The van der Waals surface area contributed by atoms with Gasteiger partial charge in [-0.15, -0.1) is 0 Å². The summed E-state index contributed by atoms with van der Waals surface area (Å²) in [5.41, 5.74) is 5.23. The molecule has 0 radical (unpaired) electrons. The molecule has 0 saturated carbocycles. The number of hydrogen-bond acceptors (Lipinski definition) is 11. The Balaban J connectivity index is 1.57. The number of sulfonamides is 1. The van der Waals surface area contributed by atoms with E-state index in [1.807, 2.05) is 0 Å². The van der Waals surface area contributed by atoms with Crippen LogP contribution in [-0.4, -0.2) is 94.2 Å². The van der Waals surface area contributed by atoms with Crippen LogP contribution in [0.1, 0.15) is 24.2 Å². The van der Waals surface area contributed by atoms with Crippen LogP contribution in [0.5, 0.6) is 11.5 Å². The van der Waals surface area contributed by atoms with E-state index >= 15 is 0 Å². The number of anilines is 1. The lowest BCUT2D eigenvalue weighted by atomic mass is 10.00. The third-order valence-electron chi connectivity index (χ3n) is 7.76. The van der Waals surface area contributed by atoms with Crippen molar-refractivity contribution < 1.29 is 49.4 Å². The molecular weight excluding hydrogens is 694 g/mol. The Morgan fingerprint density at radius 1 is 0.980 bits per heavy atom. The summed E-state index contributed by atoms with van der Waals surface area (Å²) in [6.45, 7) is 2.88. The van der Waals surface area contributed by atoms with Gasteiger partial charge < -0.3 is 23.4 Å². The van der Waals surface area contributed by atoms with Crippen LogP contribution in [0.4, 0.5) is 10.1 Å². The van der Waals surface area contributed by atoms with E-state index in [2.05, 4.69) is 10.5 Å². The molecule has 0 spiro atoms. The highest BCUT2D eigenvalue weighted by atomic mass is 32.2. The molecule has 270 valence electrons. The maximum atomic E-state index is 13.4. The third-order valence-corrected chi connectivity index (χ3v) is 9.88. The van der Waals surface area contributed by atoms with Gasteiger partial charge in [0.1, 0.15) is 38.5 Å². The van der Waals surface area contributed by atoms with E-state index in [-0.39, 0.29) is 24.7 Å². The van der Waals surface area contributed by atoms with Gasteiger partial charge in [-0.1, -0.05) is 0 Å². The van der Waals surface area contributed by atoms with Crippen molar-refractivity contribution in [2.75, 3.05) is 69.7 Å². The number of hydroxylamine groups is 1. The molecule has 1 N–H and O–H groups in total. The average Bonchev–Trinajstić information content (AvgIpc) is 3.36. The molecule has 1 aromatic heterocycles. The van der Waals surface area contributed by atoms with Crippen LogP contribution in [0.3, 0.4) is 0 Å². The van der Waals surface area contributed by atoms with Gasteiger partial charge in [0.25, 0.3) is 0 Å². The third kappa shape index (κ3) is 9.18. The number of furan rings is 1. The van der Waals surface area contributed by atoms with E-state index in [4.69, 9.17) is 28.2 Å². The van der Waals surface area contributed by atoms with Gasteiger partial charge in [0, 0.05) is 43.0 Å². The second-order valence-corrected chi connectivity index (χ2v) is 15.8. The Morgan fingerprint density at radius 2 is 1.64 bits per heavy atom. The molecule has 3 aromatic carbocycles. The molecule has 13 nitrogen and oxygen atoms in total. The average molecular weight is 734 g/mol. The van der Waals surface area contributed by atoms with Crippen molar-refractivity contribution >= 4 is 42.4 Å². The number of benzene rings is 3. The van der Waals surface area contributed by atoms with Gasteiger partial charge in [-0.05, 0) is 61.5 Å². The van der Waals surface area contributed by atoms with Gasteiger partial charge >= 0.3 is 0 Å². The fraction of sp³-hybridized carbons (Fsp3) is 0.382. The van der Waals surface area contributed by atoms with E-state index in [1.165, 1.54) is 24.3 Å². The SMILES string of the molecule is CN=C(NOCCOCCOC)c1c(-c2ccc(Oc3ccc(F)cc3)cc2)oc2cc3c(cc12)[C@H](C)O[C@H](CS(C)(=O)=O)CN3S(C)(=O)=O. The summed E-state index contributed by atoms with van der Waals surface area (Å²) in [5, 5.41) is 0.573. The fourth-order valence-electron chi connectivity index (χ4n) is 5.55. The highest BCUT2D eigenvalue weighted by Gasteiger charge is 2.35. The zero-order valence-corrected chi connectivity index (χ0v) is 30.0. The maximum Gasteiger partial charge on any atom is 0.232 e. The summed E-state index contributed by atoms with van der Waals surface area (Å²) < 4.78 is 94.1. The highest BCUT2D eigenvalue weighted by molar-refractivity contribution is 7.92. The lowest BCUT2D eigenvalue weighted by molar-refractivity contribution is 0.00640. The van der Waals surface area contributed by atoms with Crippen LogP contribution in [-0.2, 0) is 38.9 Å². The monoisotopic (exact) mass is 733 g/mol. The Kier molecular flexibility index (Phi) is 11.8. The Labute approximate surface area is 290 Å². The molecule has 0 aliphatic carbocycles. The van der Waals surface area contributed by atoms with Crippen molar-refractivity contribution in [2.45, 2.75) is 19.1 Å². The lowest BCUT2D eigenvalue weighted by Gasteiger charge is -2.24. The first-order valence-corrected chi connectivity index (χ1v) is 19.5. The first-order valence-electron chi connectivity index (χ1n) is 15.6.